The summed E-state index contributed by atoms with van der Waals surface area (Å²) in [6, 6.07) is 35.4. The Labute approximate surface area is 267 Å². The third kappa shape index (κ3) is 4.74. The summed E-state index contributed by atoms with van der Waals surface area (Å²) in [4.78, 5) is 29.5. The Morgan fingerprint density at radius 1 is 0.739 bits per heavy atom. The maximum atomic E-state index is 14.3. The summed E-state index contributed by atoms with van der Waals surface area (Å²) in [7, 11) is 0. The number of benzene rings is 5. The SMILES string of the molecule is C=CCC#N.Cc1cc(C)c(N2C(=O)c3cccc(-n4c5ccccc5c5cccc(-c6ccccc6C#N)c54)c3C2=O)c(C)c1. The topological polar surface area (TPSA) is 89.9 Å². The van der Waals surface area contributed by atoms with Crippen LogP contribution in [0.25, 0.3) is 38.6 Å². The van der Waals surface area contributed by atoms with Gasteiger partial charge in [-0.2, -0.15) is 10.5 Å². The lowest BCUT2D eigenvalue weighted by atomic mass is 9.97. The molecule has 6 heteroatoms. The lowest BCUT2D eigenvalue weighted by molar-refractivity contribution is 0.0925. The fraction of sp³-hybridized carbons (Fsp3) is 0.100. The zero-order valence-corrected chi connectivity index (χ0v) is 25.8. The first-order valence-electron chi connectivity index (χ1n) is 14.9. The molecule has 2 heterocycles. The molecular weight excluding hydrogens is 568 g/mol. The normalized spacial score (nSPS) is 12.0. The standard InChI is InChI=1S/C36H25N3O2.C4H5N/c1-21-18-22(2)33(23(3)19-21)39-35(40)29-15-9-17-31(32(29)36(39)41)38-30-16-7-6-12-26(30)28-14-8-13-27(34(28)38)25-11-5-4-10-24(25)20-37;1-2-3-4-5/h4-19H,1-3H3;2H,1,3H2. The van der Waals surface area contributed by atoms with Crippen LogP contribution in [0.5, 0.6) is 0 Å². The van der Waals surface area contributed by atoms with E-state index < -0.39 is 0 Å². The van der Waals surface area contributed by atoms with Crippen molar-refractivity contribution in [3.05, 3.63) is 143 Å². The lowest BCUT2D eigenvalue weighted by Crippen LogP contribution is -2.31. The minimum absolute atomic E-state index is 0.322. The van der Waals surface area contributed by atoms with Gasteiger partial charge in [0.2, 0.25) is 0 Å². The number of aryl methyl sites for hydroxylation is 3. The second-order valence-electron chi connectivity index (χ2n) is 11.3. The van der Waals surface area contributed by atoms with E-state index in [4.69, 9.17) is 5.26 Å². The molecule has 0 spiro atoms. The van der Waals surface area contributed by atoms with E-state index in [1.807, 2.05) is 106 Å². The van der Waals surface area contributed by atoms with Crippen molar-refractivity contribution in [2.75, 3.05) is 4.90 Å². The van der Waals surface area contributed by atoms with E-state index in [1.54, 1.807) is 12.1 Å². The highest BCUT2D eigenvalue weighted by atomic mass is 16.2. The van der Waals surface area contributed by atoms with E-state index in [1.165, 1.54) is 4.90 Å². The largest absolute Gasteiger partial charge is 0.308 e. The van der Waals surface area contributed by atoms with Crippen molar-refractivity contribution in [2.45, 2.75) is 27.2 Å². The van der Waals surface area contributed by atoms with Gasteiger partial charge < -0.3 is 4.57 Å². The van der Waals surface area contributed by atoms with E-state index >= 15 is 0 Å². The van der Waals surface area contributed by atoms with Crippen molar-refractivity contribution in [2.24, 2.45) is 0 Å². The summed E-state index contributed by atoms with van der Waals surface area (Å²) in [6.07, 6.45) is 2.03. The van der Waals surface area contributed by atoms with Crippen LogP contribution in [0.2, 0.25) is 0 Å². The average Bonchev–Trinajstić information content (AvgIpc) is 3.53. The molecule has 0 radical (unpaired) electrons. The molecule has 2 amide bonds. The predicted molar refractivity (Wildman–Crippen MR) is 183 cm³/mol. The zero-order chi connectivity index (χ0) is 32.5. The monoisotopic (exact) mass is 598 g/mol. The summed E-state index contributed by atoms with van der Waals surface area (Å²) < 4.78 is 2.08. The van der Waals surface area contributed by atoms with Gasteiger partial charge in [0, 0.05) is 21.9 Å². The van der Waals surface area contributed by atoms with Gasteiger partial charge in [0.25, 0.3) is 11.8 Å². The number of allylic oxidation sites excluding steroid dienone is 1. The smallest absolute Gasteiger partial charge is 0.268 e. The van der Waals surface area contributed by atoms with Crippen LogP contribution in [0.1, 0.15) is 49.4 Å². The van der Waals surface area contributed by atoms with Crippen LogP contribution in [-0.4, -0.2) is 16.4 Å². The lowest BCUT2D eigenvalue weighted by Gasteiger charge is -2.20. The van der Waals surface area contributed by atoms with Gasteiger partial charge in [-0.1, -0.05) is 84.4 Å². The number of imide groups is 1. The summed E-state index contributed by atoms with van der Waals surface area (Å²) >= 11 is 0. The number of fused-ring (bicyclic) bond motifs is 4. The van der Waals surface area contributed by atoms with Gasteiger partial charge in [-0.15, -0.1) is 6.58 Å². The second-order valence-corrected chi connectivity index (χ2v) is 11.3. The third-order valence-corrected chi connectivity index (χ3v) is 8.26. The highest BCUT2D eigenvalue weighted by Crippen LogP contribution is 2.42. The highest BCUT2D eigenvalue weighted by molar-refractivity contribution is 6.36. The van der Waals surface area contributed by atoms with Crippen molar-refractivity contribution in [3.63, 3.8) is 0 Å². The van der Waals surface area contributed by atoms with Crippen LogP contribution in [0.3, 0.4) is 0 Å². The average molecular weight is 599 g/mol. The number of anilines is 1. The second kappa shape index (κ2) is 12.0. The quantitative estimate of drug-likeness (QED) is 0.149. The van der Waals surface area contributed by atoms with Crippen molar-refractivity contribution >= 4 is 39.3 Å². The van der Waals surface area contributed by atoms with Crippen molar-refractivity contribution in [1.29, 1.82) is 10.5 Å². The van der Waals surface area contributed by atoms with E-state index in [-0.39, 0.29) is 11.8 Å². The molecule has 222 valence electrons. The first kappa shape index (κ1) is 29.8. The first-order valence-corrected chi connectivity index (χ1v) is 14.9. The Balaban J connectivity index is 0.000000692. The van der Waals surface area contributed by atoms with Gasteiger partial charge in [-0.05, 0) is 56.2 Å². The molecular formula is C40H30N4O2. The van der Waals surface area contributed by atoms with Gasteiger partial charge in [0.1, 0.15) is 0 Å². The number of aromatic nitrogens is 1. The number of carbonyl (C=O) groups is 2. The number of hydrogen-bond acceptors (Lipinski definition) is 4. The predicted octanol–water partition coefficient (Wildman–Crippen LogP) is 9.13. The number of para-hydroxylation sites is 2. The fourth-order valence-electron chi connectivity index (χ4n) is 6.55. The number of carbonyl (C=O) groups excluding carboxylic acids is 2. The van der Waals surface area contributed by atoms with Gasteiger partial charge in [0.15, 0.2) is 0 Å². The van der Waals surface area contributed by atoms with Gasteiger partial charge in [-0.3, -0.25) is 9.59 Å². The summed E-state index contributed by atoms with van der Waals surface area (Å²) in [5, 5.41) is 19.7. The van der Waals surface area contributed by atoms with Crippen LogP contribution in [0, 0.1) is 43.4 Å². The van der Waals surface area contributed by atoms with E-state index in [9.17, 15) is 14.9 Å². The van der Waals surface area contributed by atoms with Gasteiger partial charge in [-0.25, -0.2) is 4.90 Å². The molecule has 0 saturated carbocycles. The maximum Gasteiger partial charge on any atom is 0.268 e. The molecule has 1 aliphatic heterocycles. The molecule has 6 nitrogen and oxygen atoms in total. The van der Waals surface area contributed by atoms with E-state index in [0.717, 1.165) is 49.6 Å². The Morgan fingerprint density at radius 2 is 1.37 bits per heavy atom. The molecule has 0 unspecified atom stereocenters. The number of rotatable bonds is 4. The van der Waals surface area contributed by atoms with Crippen molar-refractivity contribution < 1.29 is 9.59 Å². The van der Waals surface area contributed by atoms with Gasteiger partial charge >= 0.3 is 0 Å². The molecule has 0 N–H and O–H groups in total. The summed E-state index contributed by atoms with van der Waals surface area (Å²) in [6.45, 7) is 9.21. The van der Waals surface area contributed by atoms with Crippen LogP contribution in [0.4, 0.5) is 5.69 Å². The molecule has 6 aromatic rings. The van der Waals surface area contributed by atoms with E-state index in [2.05, 4.69) is 29.3 Å². The number of nitriles is 2. The molecule has 0 saturated heterocycles. The highest BCUT2D eigenvalue weighted by Gasteiger charge is 2.40. The van der Waals surface area contributed by atoms with Gasteiger partial charge in [0.05, 0.1) is 57.7 Å². The zero-order valence-electron chi connectivity index (χ0n) is 25.8. The fourth-order valence-corrected chi connectivity index (χ4v) is 6.55. The Kier molecular flexibility index (Phi) is 7.80. The Bertz CT molecular complexity index is 2290. The van der Waals surface area contributed by atoms with Crippen LogP contribution in [-0.2, 0) is 0 Å². The minimum atomic E-state index is -0.337. The Hall–Kier alpha value is -6.24. The maximum absolute atomic E-state index is 14.3. The molecule has 1 aliphatic rings. The van der Waals surface area contributed by atoms with Crippen molar-refractivity contribution in [1.82, 2.24) is 4.57 Å². The first-order chi connectivity index (χ1) is 22.3. The number of nitrogens with zero attached hydrogens (tertiary/aromatic N) is 4. The molecule has 0 fully saturated rings. The summed E-state index contributed by atoms with van der Waals surface area (Å²) in [5.41, 5.74) is 8.93. The van der Waals surface area contributed by atoms with E-state index in [0.29, 0.717) is 34.5 Å². The Morgan fingerprint density at radius 3 is 2.07 bits per heavy atom. The van der Waals surface area contributed by atoms with Crippen LogP contribution in [0.15, 0.2) is 110 Å². The van der Waals surface area contributed by atoms with Crippen LogP contribution < -0.4 is 4.90 Å². The molecule has 46 heavy (non-hydrogen) atoms. The van der Waals surface area contributed by atoms with Crippen LogP contribution >= 0.6 is 0 Å². The molecule has 0 aliphatic carbocycles. The number of amides is 2. The molecule has 0 bridgehead atoms. The minimum Gasteiger partial charge on any atom is -0.308 e. The molecule has 5 aromatic carbocycles. The third-order valence-electron chi connectivity index (χ3n) is 8.26. The van der Waals surface area contributed by atoms with Crippen molar-refractivity contribution in [3.8, 4) is 29.0 Å². The summed E-state index contributed by atoms with van der Waals surface area (Å²) in [5.74, 6) is -0.658. The number of hydrogen-bond donors (Lipinski definition) is 0. The molecule has 0 atom stereocenters. The molecule has 7 rings (SSSR count). The molecule has 1 aromatic heterocycles.